The van der Waals surface area contributed by atoms with Crippen molar-refractivity contribution in [3.05, 3.63) is 11.8 Å². The predicted octanol–water partition coefficient (Wildman–Crippen LogP) is 0.894. The number of nitrogens with zero attached hydrogens (tertiary/aromatic N) is 4. The molecule has 0 radical (unpaired) electrons. The zero-order chi connectivity index (χ0) is 19.3. The molecule has 142 valence electrons. The summed E-state index contributed by atoms with van der Waals surface area (Å²) < 4.78 is 0. The molecule has 2 heterocycles. The minimum Gasteiger partial charge on any atom is -0.377 e. The van der Waals surface area contributed by atoms with Crippen molar-refractivity contribution < 1.29 is 9.90 Å². The van der Waals surface area contributed by atoms with Gasteiger partial charge >= 0.3 is 0 Å². The van der Waals surface area contributed by atoms with E-state index in [0.29, 0.717) is 18.3 Å². The highest BCUT2D eigenvalue weighted by molar-refractivity contribution is 5.97. The average Bonchev–Trinajstić information content (AvgIpc) is 2.53. The normalized spacial score (nSPS) is 19.4. The molecular weight excluding hydrogens is 334 g/mol. The van der Waals surface area contributed by atoms with Crippen LogP contribution in [-0.4, -0.2) is 56.8 Å². The number of rotatable bonds is 6. The van der Waals surface area contributed by atoms with E-state index in [1.54, 1.807) is 0 Å². The van der Waals surface area contributed by atoms with Crippen LogP contribution in [0.1, 0.15) is 50.4 Å². The van der Waals surface area contributed by atoms with E-state index in [0.717, 1.165) is 19.4 Å². The molecule has 26 heavy (non-hydrogen) atoms. The molecule has 9 nitrogen and oxygen atoms in total. The van der Waals surface area contributed by atoms with Gasteiger partial charge in [-0.3, -0.25) is 9.69 Å². The molecule has 1 aromatic rings. The van der Waals surface area contributed by atoms with Gasteiger partial charge in [0.2, 0.25) is 5.95 Å². The third kappa shape index (κ3) is 5.54. The number of hydrogen-bond acceptors (Lipinski definition) is 8. The largest absolute Gasteiger partial charge is 0.377 e. The fourth-order valence-electron chi connectivity index (χ4n) is 2.87. The lowest BCUT2D eigenvalue weighted by molar-refractivity contribution is -0.00673. The predicted molar refractivity (Wildman–Crippen MR) is 98.4 cm³/mol. The highest BCUT2D eigenvalue weighted by atomic mass is 16.3. The summed E-state index contributed by atoms with van der Waals surface area (Å²) in [4.78, 5) is 22.1. The van der Waals surface area contributed by atoms with E-state index >= 15 is 0 Å². The summed E-state index contributed by atoms with van der Waals surface area (Å²) in [5.41, 5.74) is 5.44. The number of hydrogen-bond donors (Lipinski definition) is 4. The summed E-state index contributed by atoms with van der Waals surface area (Å²) >= 11 is 0. The molecule has 0 aliphatic carbocycles. The Morgan fingerprint density at radius 3 is 2.92 bits per heavy atom. The third-order valence-corrected chi connectivity index (χ3v) is 4.03. The lowest BCUT2D eigenvalue weighted by atomic mass is 10.0. The van der Waals surface area contributed by atoms with Crippen molar-refractivity contribution >= 4 is 17.7 Å². The molecule has 1 fully saturated rings. The Morgan fingerprint density at radius 1 is 1.58 bits per heavy atom. The molecule has 1 saturated heterocycles. The van der Waals surface area contributed by atoms with Crippen LogP contribution in [0.2, 0.25) is 0 Å². The minimum absolute atomic E-state index is 0.0208. The quantitative estimate of drug-likeness (QED) is 0.586. The fraction of sp³-hybridized carbons (Fsp3) is 0.647. The van der Waals surface area contributed by atoms with Gasteiger partial charge in [0.05, 0.1) is 18.1 Å². The van der Waals surface area contributed by atoms with Crippen molar-refractivity contribution in [1.82, 2.24) is 14.9 Å². The zero-order valence-corrected chi connectivity index (χ0v) is 15.5. The number of nitrogens with one attached hydrogen (secondary N) is 2. The topological polar surface area (TPSA) is 140 Å². The molecule has 1 aliphatic heterocycles. The van der Waals surface area contributed by atoms with Gasteiger partial charge in [-0.2, -0.15) is 10.2 Å². The first-order valence-corrected chi connectivity index (χ1v) is 8.70. The SMILES string of the molecule is CC(C)(C)Nc1ncc(C(N)=O)c(NC2CCCN(C(O)CC#N)C2)n1. The summed E-state index contributed by atoms with van der Waals surface area (Å²) in [5, 5.41) is 25.2. The molecule has 1 aromatic heterocycles. The number of aliphatic hydroxyl groups excluding tert-OH is 1. The van der Waals surface area contributed by atoms with Crippen molar-refractivity contribution in [3.8, 4) is 6.07 Å². The fourth-order valence-corrected chi connectivity index (χ4v) is 2.87. The van der Waals surface area contributed by atoms with Crippen LogP contribution >= 0.6 is 0 Å². The Hall–Kier alpha value is -2.44. The Balaban J connectivity index is 2.17. The van der Waals surface area contributed by atoms with Gasteiger partial charge in [-0.05, 0) is 33.6 Å². The van der Waals surface area contributed by atoms with Crippen molar-refractivity contribution in [1.29, 1.82) is 5.26 Å². The highest BCUT2D eigenvalue weighted by Crippen LogP contribution is 2.21. The maximum Gasteiger partial charge on any atom is 0.254 e. The zero-order valence-electron chi connectivity index (χ0n) is 15.5. The van der Waals surface area contributed by atoms with Crippen LogP contribution in [0.25, 0.3) is 0 Å². The number of aromatic nitrogens is 2. The molecular formula is C17H27N7O2. The summed E-state index contributed by atoms with van der Waals surface area (Å²) in [7, 11) is 0. The number of primary amides is 1. The first-order valence-electron chi connectivity index (χ1n) is 8.70. The molecule has 1 aliphatic rings. The number of aliphatic hydroxyl groups is 1. The Kier molecular flexibility index (Phi) is 6.34. The van der Waals surface area contributed by atoms with Crippen LogP contribution in [0.15, 0.2) is 6.20 Å². The van der Waals surface area contributed by atoms with Crippen molar-refractivity contribution in [2.24, 2.45) is 5.73 Å². The molecule has 5 N–H and O–H groups in total. The summed E-state index contributed by atoms with van der Waals surface area (Å²) in [6, 6.07) is 1.96. The van der Waals surface area contributed by atoms with Crippen molar-refractivity contribution in [2.75, 3.05) is 23.7 Å². The number of likely N-dealkylation sites (tertiary alicyclic amines) is 1. The van der Waals surface area contributed by atoms with E-state index in [9.17, 15) is 9.90 Å². The number of carbonyl (C=O) groups is 1. The number of nitrogens with two attached hydrogens (primary N) is 1. The van der Waals surface area contributed by atoms with E-state index in [4.69, 9.17) is 11.0 Å². The minimum atomic E-state index is -0.788. The van der Waals surface area contributed by atoms with Gasteiger partial charge in [-0.15, -0.1) is 0 Å². The van der Waals surface area contributed by atoms with Crippen LogP contribution in [0.3, 0.4) is 0 Å². The smallest absolute Gasteiger partial charge is 0.254 e. The van der Waals surface area contributed by atoms with E-state index in [1.807, 2.05) is 31.7 Å². The second-order valence-corrected chi connectivity index (χ2v) is 7.52. The number of amides is 1. The van der Waals surface area contributed by atoms with Crippen LogP contribution in [0.5, 0.6) is 0 Å². The van der Waals surface area contributed by atoms with Gasteiger partial charge in [0.1, 0.15) is 12.0 Å². The first-order chi connectivity index (χ1) is 12.2. The van der Waals surface area contributed by atoms with E-state index in [-0.39, 0.29) is 23.6 Å². The molecule has 0 spiro atoms. The summed E-state index contributed by atoms with van der Waals surface area (Å²) in [5.74, 6) is 0.176. The number of nitriles is 1. The molecule has 9 heteroatoms. The van der Waals surface area contributed by atoms with Gasteiger partial charge in [-0.1, -0.05) is 0 Å². The maximum atomic E-state index is 11.7. The molecule has 2 unspecified atom stereocenters. The van der Waals surface area contributed by atoms with E-state index < -0.39 is 12.1 Å². The average molecular weight is 361 g/mol. The van der Waals surface area contributed by atoms with Gasteiger partial charge in [0, 0.05) is 30.9 Å². The first kappa shape index (κ1) is 19.9. The summed E-state index contributed by atoms with van der Waals surface area (Å²) in [6.07, 6.45) is 2.41. The Morgan fingerprint density at radius 2 is 2.31 bits per heavy atom. The van der Waals surface area contributed by atoms with E-state index in [1.165, 1.54) is 6.20 Å². The van der Waals surface area contributed by atoms with Crippen LogP contribution in [0, 0.1) is 11.3 Å². The molecule has 0 bridgehead atoms. The Bertz CT molecular complexity index is 681. The van der Waals surface area contributed by atoms with Crippen LogP contribution < -0.4 is 16.4 Å². The Labute approximate surface area is 153 Å². The standard InChI is InChI=1S/C17H27N7O2/c1-17(2,3)23-16-20-9-12(14(19)26)15(22-16)21-11-5-4-8-24(10-11)13(25)6-7-18/h9,11,13,25H,4-6,8,10H2,1-3H3,(H2,19,26)(H2,20,21,22,23). The molecule has 0 aromatic carbocycles. The van der Waals surface area contributed by atoms with Crippen LogP contribution in [0.4, 0.5) is 11.8 Å². The molecule has 2 atom stereocenters. The van der Waals surface area contributed by atoms with E-state index in [2.05, 4.69) is 20.6 Å². The number of piperidine rings is 1. The third-order valence-electron chi connectivity index (χ3n) is 4.03. The van der Waals surface area contributed by atoms with Gasteiger partial charge < -0.3 is 21.5 Å². The van der Waals surface area contributed by atoms with Gasteiger partial charge in [0.15, 0.2) is 0 Å². The number of anilines is 2. The lowest BCUT2D eigenvalue weighted by Gasteiger charge is -2.35. The monoisotopic (exact) mass is 361 g/mol. The van der Waals surface area contributed by atoms with Gasteiger partial charge in [-0.25, -0.2) is 4.98 Å². The maximum absolute atomic E-state index is 11.7. The second kappa shape index (κ2) is 8.29. The lowest BCUT2D eigenvalue weighted by Crippen LogP contribution is -2.47. The summed E-state index contributed by atoms with van der Waals surface area (Å²) in [6.45, 7) is 7.24. The molecule has 1 amide bonds. The van der Waals surface area contributed by atoms with Gasteiger partial charge in [0.25, 0.3) is 5.91 Å². The number of carbonyl (C=O) groups excluding carboxylic acids is 1. The second-order valence-electron chi connectivity index (χ2n) is 7.52. The van der Waals surface area contributed by atoms with Crippen molar-refractivity contribution in [3.63, 3.8) is 0 Å². The molecule has 2 rings (SSSR count). The van der Waals surface area contributed by atoms with Crippen LogP contribution in [-0.2, 0) is 0 Å². The molecule has 0 saturated carbocycles. The van der Waals surface area contributed by atoms with Crippen molar-refractivity contribution in [2.45, 2.75) is 57.8 Å². The highest BCUT2D eigenvalue weighted by Gasteiger charge is 2.26.